The maximum absolute atomic E-state index is 12.6. The van der Waals surface area contributed by atoms with E-state index >= 15 is 0 Å². The Morgan fingerprint density at radius 3 is 2.59 bits per heavy atom. The Hall–Kier alpha value is -3.04. The average Bonchev–Trinajstić information content (AvgIpc) is 2.81. The van der Waals surface area contributed by atoms with Crippen LogP contribution in [0.3, 0.4) is 0 Å². The van der Waals surface area contributed by atoms with Gasteiger partial charge in [-0.25, -0.2) is 4.79 Å². The van der Waals surface area contributed by atoms with E-state index in [1.165, 1.54) is 12.1 Å². The molecule has 3 rings (SSSR count). The molecule has 0 bridgehead atoms. The van der Waals surface area contributed by atoms with Crippen LogP contribution in [0.1, 0.15) is 51.0 Å². The fourth-order valence-electron chi connectivity index (χ4n) is 4.68. The number of hydrogen-bond acceptors (Lipinski definition) is 4. The van der Waals surface area contributed by atoms with E-state index in [1.807, 2.05) is 43.3 Å². The highest BCUT2D eigenvalue weighted by Crippen LogP contribution is 2.24. The van der Waals surface area contributed by atoms with Gasteiger partial charge in [-0.15, -0.1) is 0 Å². The number of benzene rings is 1. The fourth-order valence-corrected chi connectivity index (χ4v) is 4.68. The molecule has 1 saturated carbocycles. The summed E-state index contributed by atoms with van der Waals surface area (Å²) in [6.07, 6.45) is 13.8. The van der Waals surface area contributed by atoms with Gasteiger partial charge in [0.1, 0.15) is 0 Å². The van der Waals surface area contributed by atoms with Crippen molar-refractivity contribution in [2.75, 3.05) is 18.0 Å². The van der Waals surface area contributed by atoms with Crippen LogP contribution in [0.5, 0.6) is 0 Å². The SMILES string of the molecule is C=C/C=C(\C=C/C)NC(=O)N[C@@H]1CCCC[C@H]1N[C@H]1CCCN(c2ccc(C#N)cc2)C1. The molecule has 0 aromatic heterocycles. The van der Waals surface area contributed by atoms with Gasteiger partial charge in [0.15, 0.2) is 0 Å². The lowest BCUT2D eigenvalue weighted by Gasteiger charge is -2.40. The minimum absolute atomic E-state index is 0.115. The van der Waals surface area contributed by atoms with E-state index in [9.17, 15) is 4.79 Å². The zero-order valence-electron chi connectivity index (χ0n) is 19.0. The second-order valence-electron chi connectivity index (χ2n) is 8.56. The van der Waals surface area contributed by atoms with Crippen molar-refractivity contribution in [3.63, 3.8) is 0 Å². The van der Waals surface area contributed by atoms with Crippen LogP contribution in [0.4, 0.5) is 10.5 Å². The number of carbonyl (C=O) groups excluding carboxylic acids is 1. The lowest BCUT2D eigenvalue weighted by Crippen LogP contribution is -2.58. The highest BCUT2D eigenvalue weighted by atomic mass is 16.2. The van der Waals surface area contributed by atoms with Crippen molar-refractivity contribution in [1.29, 1.82) is 5.26 Å². The Labute approximate surface area is 192 Å². The van der Waals surface area contributed by atoms with E-state index in [0.717, 1.165) is 50.9 Å². The first-order valence-electron chi connectivity index (χ1n) is 11.7. The van der Waals surface area contributed by atoms with Crippen molar-refractivity contribution in [3.05, 3.63) is 66.4 Å². The molecule has 32 heavy (non-hydrogen) atoms. The molecule has 0 radical (unpaired) electrons. The van der Waals surface area contributed by atoms with E-state index in [-0.39, 0.29) is 18.1 Å². The summed E-state index contributed by atoms with van der Waals surface area (Å²) < 4.78 is 0. The third-order valence-electron chi connectivity index (χ3n) is 6.22. The lowest BCUT2D eigenvalue weighted by atomic mass is 9.89. The van der Waals surface area contributed by atoms with E-state index in [1.54, 1.807) is 12.2 Å². The van der Waals surface area contributed by atoms with Gasteiger partial charge in [-0.2, -0.15) is 5.26 Å². The van der Waals surface area contributed by atoms with Crippen molar-refractivity contribution in [3.8, 4) is 6.07 Å². The molecule has 1 aliphatic heterocycles. The molecule has 1 saturated heterocycles. The average molecular weight is 434 g/mol. The quantitative estimate of drug-likeness (QED) is 0.558. The minimum Gasteiger partial charge on any atom is -0.370 e. The predicted molar refractivity (Wildman–Crippen MR) is 130 cm³/mol. The second kappa shape index (κ2) is 12.1. The number of rotatable bonds is 7. The van der Waals surface area contributed by atoms with Gasteiger partial charge in [0.2, 0.25) is 0 Å². The Balaban J connectivity index is 1.58. The predicted octanol–water partition coefficient (Wildman–Crippen LogP) is 4.37. The molecule has 3 N–H and O–H groups in total. The first-order valence-corrected chi connectivity index (χ1v) is 11.7. The molecule has 2 fully saturated rings. The van der Waals surface area contributed by atoms with Crippen LogP contribution in [0.15, 0.2) is 60.8 Å². The number of nitrogens with zero attached hydrogens (tertiary/aromatic N) is 2. The number of piperidine rings is 1. The van der Waals surface area contributed by atoms with Crippen molar-refractivity contribution >= 4 is 11.7 Å². The van der Waals surface area contributed by atoms with Crippen LogP contribution < -0.4 is 20.9 Å². The van der Waals surface area contributed by atoms with Gasteiger partial charge in [-0.1, -0.05) is 31.6 Å². The molecule has 1 heterocycles. The third kappa shape index (κ3) is 6.73. The molecule has 0 unspecified atom stereocenters. The van der Waals surface area contributed by atoms with Crippen LogP contribution in [0.25, 0.3) is 0 Å². The molecule has 3 atom stereocenters. The number of nitriles is 1. The maximum atomic E-state index is 12.6. The molecule has 1 aliphatic carbocycles. The summed E-state index contributed by atoms with van der Waals surface area (Å²) in [4.78, 5) is 15.0. The molecule has 2 aliphatic rings. The Bertz CT molecular complexity index is 867. The number of anilines is 1. The maximum Gasteiger partial charge on any atom is 0.319 e. The smallest absolute Gasteiger partial charge is 0.319 e. The van der Waals surface area contributed by atoms with Crippen molar-refractivity contribution in [2.45, 2.75) is 63.6 Å². The Morgan fingerprint density at radius 1 is 1.16 bits per heavy atom. The van der Waals surface area contributed by atoms with Crippen LogP contribution in [0, 0.1) is 11.3 Å². The normalized spacial score (nSPS) is 24.1. The molecule has 0 spiro atoms. The van der Waals surface area contributed by atoms with Crippen molar-refractivity contribution in [2.24, 2.45) is 0 Å². The molecule has 1 aromatic rings. The third-order valence-corrected chi connectivity index (χ3v) is 6.22. The largest absolute Gasteiger partial charge is 0.370 e. The number of urea groups is 1. The number of carbonyl (C=O) groups is 1. The summed E-state index contributed by atoms with van der Waals surface area (Å²) in [6.45, 7) is 7.60. The standard InChI is InChI=1S/C26H35N5O/c1-3-8-21(9-4-2)29-26(32)30-25-12-6-5-11-24(25)28-22-10-7-17-31(19-22)23-15-13-20(18-27)14-16-23/h3-4,8-9,13-16,22,24-25,28H,1,5-7,10-12,17,19H2,2H3,(H2,29,30,32)/b9-4-,21-8+/t22-,24+,25+/m0/s1. The number of allylic oxidation sites excluding steroid dienone is 4. The molecule has 6 nitrogen and oxygen atoms in total. The minimum atomic E-state index is -0.169. The first kappa shape index (κ1) is 23.6. The lowest BCUT2D eigenvalue weighted by molar-refractivity contribution is 0.219. The zero-order valence-corrected chi connectivity index (χ0v) is 19.0. The molecule has 1 aromatic carbocycles. The Morgan fingerprint density at radius 2 is 1.91 bits per heavy atom. The first-order chi connectivity index (χ1) is 15.6. The molecular formula is C26H35N5O. The van der Waals surface area contributed by atoms with Gasteiger partial charge < -0.3 is 20.9 Å². The van der Waals surface area contributed by atoms with Crippen LogP contribution in [-0.4, -0.2) is 37.2 Å². The number of amides is 2. The highest BCUT2D eigenvalue weighted by molar-refractivity contribution is 5.77. The van der Waals surface area contributed by atoms with Crippen LogP contribution in [0.2, 0.25) is 0 Å². The van der Waals surface area contributed by atoms with Crippen LogP contribution >= 0.6 is 0 Å². The van der Waals surface area contributed by atoms with E-state index in [2.05, 4.69) is 33.5 Å². The van der Waals surface area contributed by atoms with E-state index in [0.29, 0.717) is 11.6 Å². The van der Waals surface area contributed by atoms with Crippen molar-refractivity contribution < 1.29 is 4.79 Å². The topological polar surface area (TPSA) is 80.2 Å². The van der Waals surface area contributed by atoms with Crippen LogP contribution in [-0.2, 0) is 0 Å². The molecule has 2 amide bonds. The highest BCUT2D eigenvalue weighted by Gasteiger charge is 2.30. The summed E-state index contributed by atoms with van der Waals surface area (Å²) in [7, 11) is 0. The van der Waals surface area contributed by atoms with Crippen molar-refractivity contribution in [1.82, 2.24) is 16.0 Å². The monoisotopic (exact) mass is 433 g/mol. The summed E-state index contributed by atoms with van der Waals surface area (Å²) in [5.74, 6) is 0. The number of hydrogen-bond donors (Lipinski definition) is 3. The van der Waals surface area contributed by atoms with E-state index < -0.39 is 0 Å². The fraction of sp³-hybridized carbons (Fsp3) is 0.462. The summed E-state index contributed by atoms with van der Waals surface area (Å²) in [5, 5.41) is 19.0. The summed E-state index contributed by atoms with van der Waals surface area (Å²) >= 11 is 0. The van der Waals surface area contributed by atoms with E-state index in [4.69, 9.17) is 5.26 Å². The van der Waals surface area contributed by atoms with Gasteiger partial charge in [0.05, 0.1) is 11.6 Å². The van der Waals surface area contributed by atoms with Gasteiger partial charge in [-0.05, 0) is 69.0 Å². The van der Waals surface area contributed by atoms with Gasteiger partial charge >= 0.3 is 6.03 Å². The summed E-state index contributed by atoms with van der Waals surface area (Å²) in [6, 6.07) is 10.6. The summed E-state index contributed by atoms with van der Waals surface area (Å²) in [5.41, 5.74) is 2.58. The Kier molecular flexibility index (Phi) is 8.94. The van der Waals surface area contributed by atoms with Gasteiger partial charge in [0, 0.05) is 42.6 Å². The zero-order chi connectivity index (χ0) is 22.8. The number of nitrogens with one attached hydrogen (secondary N) is 3. The van der Waals surface area contributed by atoms with Gasteiger partial charge in [-0.3, -0.25) is 0 Å². The molecular weight excluding hydrogens is 398 g/mol. The molecule has 170 valence electrons. The molecule has 6 heteroatoms. The second-order valence-corrected chi connectivity index (χ2v) is 8.56. The van der Waals surface area contributed by atoms with Gasteiger partial charge in [0.25, 0.3) is 0 Å².